The standard InChI is InChI=1S/C21H22FN5O2/c1-19(15-5-3-4-6-16(15)22)7-8-20(2)27(19)17(28)21(29-20)12-26(13-21)18-24-10-14(9-23)11-25-18/h3-4,6,10-11,15H,5,7-8,12-13H2,1-2H3/t15?,19?,20-/m1/s1. The molecule has 0 radical (unpaired) electrons. The molecule has 0 N–H and O–H groups in total. The van der Waals surface area contributed by atoms with Gasteiger partial charge in [-0.2, -0.15) is 5.26 Å². The topological polar surface area (TPSA) is 82.3 Å². The van der Waals surface area contributed by atoms with Crippen LogP contribution in [0, 0.1) is 17.2 Å². The third-order valence-electron chi connectivity index (χ3n) is 6.88. The van der Waals surface area contributed by atoms with Crippen LogP contribution in [-0.4, -0.2) is 50.7 Å². The monoisotopic (exact) mass is 395 g/mol. The molecule has 4 heterocycles. The van der Waals surface area contributed by atoms with E-state index in [1.54, 1.807) is 6.08 Å². The molecule has 1 aliphatic carbocycles. The SMILES string of the molecule is CC1(C2CC=CC=C2F)CC[C@@]2(C)OC3(CN(c4ncc(C#N)cn4)C3)C(=O)N12. The fourth-order valence-electron chi connectivity index (χ4n) is 5.40. The summed E-state index contributed by atoms with van der Waals surface area (Å²) in [6, 6.07) is 1.99. The molecule has 1 amide bonds. The summed E-state index contributed by atoms with van der Waals surface area (Å²) in [5.74, 6) is -0.131. The molecule has 1 aromatic rings. The molecule has 150 valence electrons. The van der Waals surface area contributed by atoms with E-state index in [9.17, 15) is 9.18 Å². The molecule has 0 bridgehead atoms. The van der Waals surface area contributed by atoms with Crippen molar-refractivity contribution < 1.29 is 13.9 Å². The number of halogens is 1. The molecule has 4 aliphatic rings. The third-order valence-corrected chi connectivity index (χ3v) is 6.88. The Hall–Kier alpha value is -2.79. The quantitative estimate of drug-likeness (QED) is 0.765. The minimum atomic E-state index is -0.946. The molecule has 3 fully saturated rings. The molecule has 0 saturated carbocycles. The molecular weight excluding hydrogens is 373 g/mol. The van der Waals surface area contributed by atoms with Crippen LogP contribution in [-0.2, 0) is 9.53 Å². The molecule has 1 aromatic heterocycles. The smallest absolute Gasteiger partial charge is 0.261 e. The molecule has 3 atom stereocenters. The highest BCUT2D eigenvalue weighted by Gasteiger charge is 2.71. The van der Waals surface area contributed by atoms with Crippen molar-refractivity contribution in [2.24, 2.45) is 5.92 Å². The summed E-state index contributed by atoms with van der Waals surface area (Å²) in [4.78, 5) is 25.6. The molecule has 8 heteroatoms. The van der Waals surface area contributed by atoms with E-state index in [-0.39, 0.29) is 17.7 Å². The predicted octanol–water partition coefficient (Wildman–Crippen LogP) is 2.46. The van der Waals surface area contributed by atoms with Gasteiger partial charge in [-0.3, -0.25) is 4.79 Å². The zero-order valence-electron chi connectivity index (χ0n) is 16.4. The van der Waals surface area contributed by atoms with Gasteiger partial charge < -0.3 is 14.5 Å². The average Bonchev–Trinajstić information content (AvgIpc) is 3.09. The molecule has 1 spiro atoms. The molecule has 7 nitrogen and oxygen atoms in total. The maximum absolute atomic E-state index is 14.7. The summed E-state index contributed by atoms with van der Waals surface area (Å²) in [5, 5.41) is 8.89. The first-order chi connectivity index (χ1) is 13.8. The number of anilines is 1. The van der Waals surface area contributed by atoms with Crippen molar-refractivity contribution >= 4 is 11.9 Å². The molecule has 2 unspecified atom stereocenters. The van der Waals surface area contributed by atoms with Crippen LogP contribution in [0.3, 0.4) is 0 Å². The maximum atomic E-state index is 14.7. The Kier molecular flexibility index (Phi) is 3.69. The number of hydrogen-bond donors (Lipinski definition) is 0. The maximum Gasteiger partial charge on any atom is 0.261 e. The van der Waals surface area contributed by atoms with Crippen LogP contribution >= 0.6 is 0 Å². The van der Waals surface area contributed by atoms with Crippen LogP contribution in [0.25, 0.3) is 0 Å². The lowest BCUT2D eigenvalue weighted by molar-refractivity contribution is -0.144. The van der Waals surface area contributed by atoms with Gasteiger partial charge in [0.15, 0.2) is 5.60 Å². The highest BCUT2D eigenvalue weighted by Crippen LogP contribution is 2.56. The lowest BCUT2D eigenvalue weighted by atomic mass is 9.77. The van der Waals surface area contributed by atoms with E-state index in [2.05, 4.69) is 9.97 Å². The molecular formula is C21H22FN5O2. The highest BCUT2D eigenvalue weighted by atomic mass is 19.1. The Morgan fingerprint density at radius 1 is 1.28 bits per heavy atom. The Balaban J connectivity index is 1.40. The van der Waals surface area contributed by atoms with Crippen molar-refractivity contribution in [3.05, 3.63) is 42.0 Å². The molecule has 3 aliphatic heterocycles. The van der Waals surface area contributed by atoms with Crippen LogP contribution in [0.5, 0.6) is 0 Å². The third kappa shape index (κ3) is 2.40. The highest BCUT2D eigenvalue weighted by molar-refractivity contribution is 5.92. The number of fused-ring (bicyclic) bond motifs is 1. The lowest BCUT2D eigenvalue weighted by Crippen LogP contribution is -2.68. The first kappa shape index (κ1) is 18.3. The minimum absolute atomic E-state index is 0.0766. The van der Waals surface area contributed by atoms with E-state index in [0.717, 1.165) is 0 Å². The molecule has 3 saturated heterocycles. The number of hydrogen-bond acceptors (Lipinski definition) is 6. The van der Waals surface area contributed by atoms with E-state index in [0.29, 0.717) is 43.9 Å². The van der Waals surface area contributed by atoms with E-state index in [1.807, 2.05) is 35.8 Å². The number of nitriles is 1. The van der Waals surface area contributed by atoms with Crippen LogP contribution in [0.4, 0.5) is 10.3 Å². The van der Waals surface area contributed by atoms with Crippen LogP contribution in [0.1, 0.15) is 38.7 Å². The molecule has 29 heavy (non-hydrogen) atoms. The Labute approximate surface area is 168 Å². The van der Waals surface area contributed by atoms with Crippen molar-refractivity contribution in [1.29, 1.82) is 5.26 Å². The summed E-state index contributed by atoms with van der Waals surface area (Å²) >= 11 is 0. The van der Waals surface area contributed by atoms with Gasteiger partial charge in [0, 0.05) is 5.92 Å². The second kappa shape index (κ2) is 5.86. The first-order valence-corrected chi connectivity index (χ1v) is 9.86. The van der Waals surface area contributed by atoms with E-state index < -0.39 is 16.9 Å². The van der Waals surface area contributed by atoms with Gasteiger partial charge in [0.1, 0.15) is 17.6 Å². The minimum Gasteiger partial charge on any atom is -0.336 e. The number of aromatic nitrogens is 2. The van der Waals surface area contributed by atoms with Gasteiger partial charge in [0.2, 0.25) is 5.95 Å². The average molecular weight is 395 g/mol. The number of nitrogens with zero attached hydrogens (tertiary/aromatic N) is 5. The van der Waals surface area contributed by atoms with E-state index >= 15 is 0 Å². The Bertz CT molecular complexity index is 978. The van der Waals surface area contributed by atoms with Gasteiger partial charge in [-0.1, -0.05) is 12.2 Å². The van der Waals surface area contributed by atoms with Gasteiger partial charge in [0.05, 0.1) is 36.6 Å². The lowest BCUT2D eigenvalue weighted by Gasteiger charge is -2.46. The van der Waals surface area contributed by atoms with Gasteiger partial charge in [0.25, 0.3) is 5.91 Å². The number of amides is 1. The summed E-state index contributed by atoms with van der Waals surface area (Å²) in [6.45, 7) is 4.62. The number of carbonyl (C=O) groups excluding carboxylic acids is 1. The number of ether oxygens (including phenoxy) is 1. The summed E-state index contributed by atoms with van der Waals surface area (Å²) < 4.78 is 21.1. The normalized spacial score (nSPS) is 34.8. The molecule has 5 rings (SSSR count). The fraction of sp³-hybridized carbons (Fsp3) is 0.524. The van der Waals surface area contributed by atoms with E-state index in [4.69, 9.17) is 10.00 Å². The first-order valence-electron chi connectivity index (χ1n) is 9.86. The largest absolute Gasteiger partial charge is 0.336 e. The van der Waals surface area contributed by atoms with Crippen molar-refractivity contribution in [2.75, 3.05) is 18.0 Å². The van der Waals surface area contributed by atoms with Crippen molar-refractivity contribution in [2.45, 2.75) is 50.0 Å². The van der Waals surface area contributed by atoms with Crippen molar-refractivity contribution in [3.63, 3.8) is 0 Å². The van der Waals surface area contributed by atoms with Crippen molar-refractivity contribution in [3.8, 4) is 6.07 Å². The van der Waals surface area contributed by atoms with Crippen LogP contribution in [0.15, 0.2) is 36.4 Å². The summed E-state index contributed by atoms with van der Waals surface area (Å²) in [7, 11) is 0. The summed E-state index contributed by atoms with van der Waals surface area (Å²) in [6.07, 6.45) is 10.1. The predicted molar refractivity (Wildman–Crippen MR) is 102 cm³/mol. The van der Waals surface area contributed by atoms with Gasteiger partial charge >= 0.3 is 0 Å². The second-order valence-corrected chi connectivity index (χ2v) is 8.78. The Morgan fingerprint density at radius 3 is 2.66 bits per heavy atom. The van der Waals surface area contributed by atoms with E-state index in [1.165, 1.54) is 18.5 Å². The van der Waals surface area contributed by atoms with Gasteiger partial charge in [-0.15, -0.1) is 0 Å². The van der Waals surface area contributed by atoms with Crippen molar-refractivity contribution in [1.82, 2.24) is 14.9 Å². The Morgan fingerprint density at radius 2 is 2.00 bits per heavy atom. The van der Waals surface area contributed by atoms with Crippen LogP contribution in [0.2, 0.25) is 0 Å². The number of allylic oxidation sites excluding steroid dienone is 3. The number of carbonyl (C=O) groups is 1. The second-order valence-electron chi connectivity index (χ2n) is 8.78. The zero-order chi connectivity index (χ0) is 20.4. The zero-order valence-corrected chi connectivity index (χ0v) is 16.4. The fourth-order valence-corrected chi connectivity index (χ4v) is 5.40. The van der Waals surface area contributed by atoms with Gasteiger partial charge in [-0.05, 0) is 39.2 Å². The molecule has 0 aromatic carbocycles. The summed E-state index contributed by atoms with van der Waals surface area (Å²) in [5.41, 5.74) is -1.91. The van der Waals surface area contributed by atoms with Crippen LogP contribution < -0.4 is 4.90 Å². The number of rotatable bonds is 2. The van der Waals surface area contributed by atoms with Gasteiger partial charge in [-0.25, -0.2) is 14.4 Å².